The van der Waals surface area contributed by atoms with Crippen LogP contribution in [0.4, 0.5) is 19.0 Å². The molecule has 0 amide bonds. The lowest BCUT2D eigenvalue weighted by Crippen LogP contribution is -2.43. The van der Waals surface area contributed by atoms with E-state index in [2.05, 4.69) is 37.1 Å². The van der Waals surface area contributed by atoms with Gasteiger partial charge in [-0.25, -0.2) is 15.0 Å². The quantitative estimate of drug-likeness (QED) is 0.682. The number of nitrogens with zero attached hydrogens (tertiary/aromatic N) is 5. The Hall–Kier alpha value is -2.85. The minimum atomic E-state index is -4.52. The zero-order chi connectivity index (χ0) is 21.1. The molecule has 10 heteroatoms. The highest BCUT2D eigenvalue weighted by Crippen LogP contribution is 2.30. The first-order valence-electron chi connectivity index (χ1n) is 9.60. The Morgan fingerprint density at radius 3 is 2.77 bits per heavy atom. The molecular weight excluding hydrogens is 397 g/mol. The van der Waals surface area contributed by atoms with Gasteiger partial charge in [-0.3, -0.25) is 9.88 Å². The van der Waals surface area contributed by atoms with Crippen LogP contribution in [0.5, 0.6) is 0 Å². The molecule has 7 nitrogen and oxygen atoms in total. The molecule has 1 fully saturated rings. The number of alkyl halides is 3. The third-order valence-corrected chi connectivity index (χ3v) is 4.97. The van der Waals surface area contributed by atoms with Gasteiger partial charge in [0.05, 0.1) is 25.1 Å². The Balaban J connectivity index is 1.62. The number of ether oxygens (including phenoxy) is 1. The molecule has 3 aromatic rings. The van der Waals surface area contributed by atoms with E-state index < -0.39 is 11.9 Å². The highest BCUT2D eigenvalue weighted by molar-refractivity contribution is 5.86. The minimum absolute atomic E-state index is 0.0454. The number of halogens is 3. The van der Waals surface area contributed by atoms with Crippen LogP contribution >= 0.6 is 0 Å². The molecule has 158 valence electrons. The van der Waals surface area contributed by atoms with Gasteiger partial charge in [-0.15, -0.1) is 0 Å². The van der Waals surface area contributed by atoms with Crippen LogP contribution in [-0.2, 0) is 24.0 Å². The molecule has 0 saturated carbocycles. The van der Waals surface area contributed by atoms with Crippen LogP contribution in [0.25, 0.3) is 11.0 Å². The molecule has 3 aromatic heterocycles. The van der Waals surface area contributed by atoms with Crippen molar-refractivity contribution in [3.63, 3.8) is 0 Å². The smallest absolute Gasteiger partial charge is 0.379 e. The highest BCUT2D eigenvalue weighted by atomic mass is 19.4. The van der Waals surface area contributed by atoms with Gasteiger partial charge in [0.1, 0.15) is 17.3 Å². The van der Waals surface area contributed by atoms with Gasteiger partial charge < -0.3 is 10.1 Å². The molecule has 1 saturated heterocycles. The maximum Gasteiger partial charge on any atom is 0.433 e. The van der Waals surface area contributed by atoms with Gasteiger partial charge in [0.25, 0.3) is 0 Å². The van der Waals surface area contributed by atoms with Gasteiger partial charge in [-0.2, -0.15) is 13.2 Å². The summed E-state index contributed by atoms with van der Waals surface area (Å²) >= 11 is 0. The third kappa shape index (κ3) is 4.49. The van der Waals surface area contributed by atoms with E-state index in [0.29, 0.717) is 42.4 Å². The zero-order valence-electron chi connectivity index (χ0n) is 16.4. The fraction of sp³-hybridized carbons (Fsp3) is 0.400. The summed E-state index contributed by atoms with van der Waals surface area (Å²) in [5.41, 5.74) is -0.367. The second-order valence-electron chi connectivity index (χ2n) is 7.12. The molecule has 30 heavy (non-hydrogen) atoms. The summed E-state index contributed by atoms with van der Waals surface area (Å²) < 4.78 is 45.2. The fourth-order valence-corrected chi connectivity index (χ4v) is 3.41. The van der Waals surface area contributed by atoms with Crippen LogP contribution in [0, 0.1) is 0 Å². The van der Waals surface area contributed by atoms with Crippen molar-refractivity contribution < 1.29 is 17.9 Å². The maximum absolute atomic E-state index is 13.2. The largest absolute Gasteiger partial charge is 0.433 e. The van der Waals surface area contributed by atoms with Gasteiger partial charge in [-0.05, 0) is 25.1 Å². The lowest BCUT2D eigenvalue weighted by Gasteiger charge is -2.32. The molecule has 0 radical (unpaired) electrons. The molecule has 4 rings (SSSR count). The number of fused-ring (bicyclic) bond motifs is 1. The van der Waals surface area contributed by atoms with Crippen molar-refractivity contribution in [2.75, 3.05) is 25.1 Å². The Morgan fingerprint density at radius 2 is 1.97 bits per heavy atom. The van der Waals surface area contributed by atoms with Crippen molar-refractivity contribution in [3.8, 4) is 0 Å². The van der Waals surface area contributed by atoms with Gasteiger partial charge in [0.2, 0.25) is 0 Å². The molecule has 0 spiro atoms. The van der Waals surface area contributed by atoms with E-state index in [-0.39, 0.29) is 18.2 Å². The molecule has 0 aliphatic carbocycles. The molecule has 0 aromatic carbocycles. The maximum atomic E-state index is 13.2. The molecule has 1 atom stereocenters. The number of pyridine rings is 2. The van der Waals surface area contributed by atoms with Crippen molar-refractivity contribution in [2.24, 2.45) is 0 Å². The van der Waals surface area contributed by atoms with Crippen molar-refractivity contribution in [1.82, 2.24) is 24.8 Å². The number of anilines is 1. The Labute approximate surface area is 171 Å². The minimum Gasteiger partial charge on any atom is -0.379 e. The summed E-state index contributed by atoms with van der Waals surface area (Å²) in [6, 6.07) is 6.65. The van der Waals surface area contributed by atoms with Crippen LogP contribution in [0.3, 0.4) is 0 Å². The first-order valence-corrected chi connectivity index (χ1v) is 9.60. The summed E-state index contributed by atoms with van der Waals surface area (Å²) in [6.07, 6.45) is -1.76. The van der Waals surface area contributed by atoms with E-state index in [1.807, 2.05) is 0 Å². The van der Waals surface area contributed by atoms with Crippen molar-refractivity contribution >= 4 is 16.9 Å². The summed E-state index contributed by atoms with van der Waals surface area (Å²) in [6.45, 7) is 4.54. The van der Waals surface area contributed by atoms with E-state index in [1.54, 1.807) is 18.3 Å². The average Bonchev–Trinajstić information content (AvgIpc) is 2.73. The Bertz CT molecular complexity index is 1030. The molecule has 0 bridgehead atoms. The van der Waals surface area contributed by atoms with Crippen LogP contribution in [0.1, 0.15) is 24.0 Å². The molecular formula is C20H21F3N6O. The third-order valence-electron chi connectivity index (χ3n) is 4.97. The standard InChI is InChI=1S/C20H21F3N6O/c1-13-12-30-9-8-29(13)11-16-27-18-15(5-3-7-25-18)19(28-16)26-10-14-4-2-6-24-17(14)20(21,22)23/h2-7,13H,8-12H2,1H3,(H,25,26,27,28). The van der Waals surface area contributed by atoms with Crippen LogP contribution in [0.15, 0.2) is 36.7 Å². The number of aromatic nitrogens is 4. The van der Waals surface area contributed by atoms with E-state index in [4.69, 9.17) is 4.74 Å². The Morgan fingerprint density at radius 1 is 1.17 bits per heavy atom. The summed E-state index contributed by atoms with van der Waals surface area (Å²) in [5.74, 6) is 1.00. The topological polar surface area (TPSA) is 76.1 Å². The first-order chi connectivity index (χ1) is 14.4. The van der Waals surface area contributed by atoms with Crippen LogP contribution in [-0.4, -0.2) is 50.6 Å². The fourth-order valence-electron chi connectivity index (χ4n) is 3.41. The molecule has 1 aliphatic rings. The monoisotopic (exact) mass is 418 g/mol. The van der Waals surface area contributed by atoms with Crippen LogP contribution in [0.2, 0.25) is 0 Å². The van der Waals surface area contributed by atoms with Gasteiger partial charge >= 0.3 is 6.18 Å². The lowest BCUT2D eigenvalue weighted by atomic mass is 10.2. The predicted molar refractivity (Wildman–Crippen MR) is 105 cm³/mol. The normalized spacial score (nSPS) is 17.9. The molecule has 1 unspecified atom stereocenters. The second kappa shape index (κ2) is 8.49. The SMILES string of the molecule is CC1COCCN1Cc1nc(NCc2cccnc2C(F)(F)F)c2cccnc2n1. The molecule has 4 heterocycles. The van der Waals surface area contributed by atoms with Crippen LogP contribution < -0.4 is 5.32 Å². The van der Waals surface area contributed by atoms with Gasteiger partial charge in [0.15, 0.2) is 5.65 Å². The van der Waals surface area contributed by atoms with E-state index in [1.165, 1.54) is 12.1 Å². The number of hydrogen-bond donors (Lipinski definition) is 1. The number of nitrogens with one attached hydrogen (secondary N) is 1. The average molecular weight is 418 g/mol. The lowest BCUT2D eigenvalue weighted by molar-refractivity contribution is -0.141. The second-order valence-corrected chi connectivity index (χ2v) is 7.12. The van der Waals surface area contributed by atoms with Crippen molar-refractivity contribution in [2.45, 2.75) is 32.2 Å². The summed E-state index contributed by atoms with van der Waals surface area (Å²) in [7, 11) is 0. The van der Waals surface area contributed by atoms with Crippen molar-refractivity contribution in [1.29, 1.82) is 0 Å². The summed E-state index contributed by atoms with van der Waals surface area (Å²) in [4.78, 5) is 19.1. The van der Waals surface area contributed by atoms with Gasteiger partial charge in [0, 0.05) is 37.1 Å². The van der Waals surface area contributed by atoms with E-state index in [0.717, 1.165) is 12.7 Å². The van der Waals surface area contributed by atoms with Crippen molar-refractivity contribution in [3.05, 3.63) is 53.7 Å². The zero-order valence-corrected chi connectivity index (χ0v) is 16.4. The number of rotatable bonds is 5. The highest BCUT2D eigenvalue weighted by Gasteiger charge is 2.34. The number of morpholine rings is 1. The molecule has 1 aliphatic heterocycles. The predicted octanol–water partition coefficient (Wildman–Crippen LogP) is 3.27. The van der Waals surface area contributed by atoms with E-state index >= 15 is 0 Å². The molecule has 1 N–H and O–H groups in total. The first kappa shape index (κ1) is 20.4. The van der Waals surface area contributed by atoms with E-state index in [9.17, 15) is 13.2 Å². The summed E-state index contributed by atoms with van der Waals surface area (Å²) in [5, 5.41) is 3.68. The van der Waals surface area contributed by atoms with Gasteiger partial charge in [-0.1, -0.05) is 6.07 Å². The Kier molecular flexibility index (Phi) is 5.78. The number of hydrogen-bond acceptors (Lipinski definition) is 7.